The number of pyridine rings is 1. The number of amides is 2. The Kier molecular flexibility index (Phi) is 6.75. The summed E-state index contributed by atoms with van der Waals surface area (Å²) in [5, 5.41) is 8.51. The molecule has 2 aromatic heterocycles. The maximum absolute atomic E-state index is 13.3. The molecule has 1 fully saturated rings. The van der Waals surface area contributed by atoms with Crippen LogP contribution in [0.4, 0.5) is 18.9 Å². The van der Waals surface area contributed by atoms with Gasteiger partial charge in [-0.15, -0.1) is 5.10 Å². The molecule has 36 heavy (non-hydrogen) atoms. The highest BCUT2D eigenvalue weighted by Gasteiger charge is 2.37. The Labute approximate surface area is 207 Å². The van der Waals surface area contributed by atoms with E-state index in [1.807, 2.05) is 0 Å². The molecule has 4 rings (SSSR count). The molecule has 0 bridgehead atoms. The van der Waals surface area contributed by atoms with Crippen molar-refractivity contribution in [1.82, 2.24) is 25.1 Å². The van der Waals surface area contributed by atoms with Crippen LogP contribution in [0.5, 0.6) is 0 Å². The van der Waals surface area contributed by atoms with Crippen molar-refractivity contribution < 1.29 is 31.2 Å². The van der Waals surface area contributed by atoms with Crippen molar-refractivity contribution >= 4 is 38.9 Å². The molecule has 3 aromatic rings. The van der Waals surface area contributed by atoms with Gasteiger partial charge in [0.15, 0.2) is 21.5 Å². The number of carbonyl (C=O) groups is 2. The van der Waals surface area contributed by atoms with E-state index in [0.717, 1.165) is 29.8 Å². The van der Waals surface area contributed by atoms with Crippen LogP contribution in [0, 0.1) is 5.92 Å². The van der Waals surface area contributed by atoms with E-state index in [0.29, 0.717) is 5.69 Å². The summed E-state index contributed by atoms with van der Waals surface area (Å²) in [5.41, 5.74) is 0.253. The average Bonchev–Trinajstić information content (AvgIpc) is 3.55. The van der Waals surface area contributed by atoms with Gasteiger partial charge >= 0.3 is 6.18 Å². The summed E-state index contributed by atoms with van der Waals surface area (Å²) in [6, 6.07) is 6.28. The highest BCUT2D eigenvalue weighted by molar-refractivity contribution is 7.90. The summed E-state index contributed by atoms with van der Waals surface area (Å²) in [6.07, 6.45) is -1.05. The van der Waals surface area contributed by atoms with Crippen molar-refractivity contribution in [3.8, 4) is 5.82 Å². The largest absolute Gasteiger partial charge is 0.453 e. The second-order valence-electron chi connectivity index (χ2n) is 8.06. The number of halogens is 4. The van der Waals surface area contributed by atoms with Crippen LogP contribution in [0.1, 0.15) is 34.8 Å². The molecule has 0 aliphatic heterocycles. The van der Waals surface area contributed by atoms with Gasteiger partial charge in [-0.05, 0) is 43.2 Å². The lowest BCUT2D eigenvalue weighted by Crippen LogP contribution is -2.25. The Hall–Kier alpha value is -3.52. The minimum atomic E-state index is -4.86. The SMILES string of the molecule is CS(=O)(=O)c1cc(Cl)cc(C(=O)NCc2nc(C(F)(F)F)nn2-c2ccc(NC(=O)C3CC3)cn2)c1. The summed E-state index contributed by atoms with van der Waals surface area (Å²) in [7, 11) is -3.67. The van der Waals surface area contributed by atoms with Crippen molar-refractivity contribution in [2.24, 2.45) is 5.92 Å². The molecule has 1 saturated carbocycles. The molecule has 0 atom stereocenters. The standard InChI is InChI=1S/C21H18ClF3N6O4S/c1-36(34,35)15-7-12(6-13(22)8-15)18(32)27-10-17-29-20(21(23,24)25)30-31(17)16-5-4-14(9-26-16)28-19(33)11-2-3-11/h4-9,11H,2-3,10H2,1H3,(H,27,32)(H,28,33). The normalized spacial score (nSPS) is 13.9. The Balaban J connectivity index is 1.57. The number of hydrogen-bond donors (Lipinski definition) is 2. The molecule has 1 aliphatic rings. The van der Waals surface area contributed by atoms with E-state index in [4.69, 9.17) is 11.6 Å². The third-order valence-corrected chi connectivity index (χ3v) is 6.39. The monoisotopic (exact) mass is 542 g/mol. The van der Waals surface area contributed by atoms with Gasteiger partial charge in [0.2, 0.25) is 5.91 Å². The Morgan fingerprint density at radius 2 is 1.92 bits per heavy atom. The molecule has 1 aliphatic carbocycles. The number of hydrogen-bond acceptors (Lipinski definition) is 7. The first-order valence-electron chi connectivity index (χ1n) is 10.4. The number of anilines is 1. The van der Waals surface area contributed by atoms with Crippen LogP contribution in [-0.4, -0.2) is 46.2 Å². The molecule has 1 aromatic carbocycles. The van der Waals surface area contributed by atoms with E-state index in [1.54, 1.807) is 0 Å². The zero-order valence-corrected chi connectivity index (χ0v) is 20.1. The molecule has 10 nitrogen and oxygen atoms in total. The van der Waals surface area contributed by atoms with E-state index in [9.17, 15) is 31.2 Å². The van der Waals surface area contributed by atoms with Gasteiger partial charge < -0.3 is 10.6 Å². The fourth-order valence-corrected chi connectivity index (χ4v) is 4.09. The van der Waals surface area contributed by atoms with Crippen LogP contribution in [0.15, 0.2) is 41.4 Å². The lowest BCUT2D eigenvalue weighted by molar-refractivity contribution is -0.144. The van der Waals surface area contributed by atoms with Crippen molar-refractivity contribution in [3.05, 3.63) is 58.8 Å². The van der Waals surface area contributed by atoms with Gasteiger partial charge in [-0.1, -0.05) is 11.6 Å². The predicted octanol–water partition coefficient (Wildman–Crippen LogP) is 3.02. The second kappa shape index (κ2) is 9.50. The lowest BCUT2D eigenvalue weighted by atomic mass is 10.2. The van der Waals surface area contributed by atoms with Crippen LogP contribution in [0.2, 0.25) is 5.02 Å². The van der Waals surface area contributed by atoms with Crippen molar-refractivity contribution in [2.75, 3.05) is 11.6 Å². The second-order valence-corrected chi connectivity index (χ2v) is 10.5. The van der Waals surface area contributed by atoms with Crippen molar-refractivity contribution in [2.45, 2.75) is 30.5 Å². The van der Waals surface area contributed by atoms with E-state index in [2.05, 4.69) is 25.7 Å². The molecule has 2 heterocycles. The average molecular weight is 543 g/mol. The first kappa shape index (κ1) is 25.6. The lowest BCUT2D eigenvalue weighted by Gasteiger charge is -2.09. The summed E-state index contributed by atoms with van der Waals surface area (Å²) < 4.78 is 64.3. The third-order valence-electron chi connectivity index (χ3n) is 5.08. The van der Waals surface area contributed by atoms with Crippen LogP contribution in [0.25, 0.3) is 5.82 Å². The first-order chi connectivity index (χ1) is 16.8. The molecule has 190 valence electrons. The highest BCUT2D eigenvalue weighted by atomic mass is 35.5. The summed E-state index contributed by atoms with van der Waals surface area (Å²) in [5.74, 6) is -2.76. The summed E-state index contributed by atoms with van der Waals surface area (Å²) in [6.45, 7) is -0.496. The molecule has 2 amide bonds. The van der Waals surface area contributed by atoms with Gasteiger partial charge in [0.25, 0.3) is 11.7 Å². The maximum Gasteiger partial charge on any atom is 0.453 e. The molecule has 0 unspecified atom stereocenters. The minimum Gasteiger partial charge on any atom is -0.345 e. The summed E-state index contributed by atoms with van der Waals surface area (Å²) >= 11 is 5.91. The molecule has 0 radical (unpaired) electrons. The number of rotatable bonds is 7. The topological polar surface area (TPSA) is 136 Å². The fraction of sp³-hybridized carbons (Fsp3) is 0.286. The number of carbonyl (C=O) groups excluding carboxylic acids is 2. The number of alkyl halides is 3. The van der Waals surface area contributed by atoms with Gasteiger partial charge in [0, 0.05) is 22.8 Å². The van der Waals surface area contributed by atoms with E-state index < -0.39 is 34.3 Å². The van der Waals surface area contributed by atoms with Gasteiger partial charge in [-0.3, -0.25) is 9.59 Å². The molecular formula is C21H18ClF3N6O4S. The van der Waals surface area contributed by atoms with Gasteiger partial charge in [0.1, 0.15) is 0 Å². The molecule has 0 saturated heterocycles. The van der Waals surface area contributed by atoms with Crippen molar-refractivity contribution in [1.29, 1.82) is 0 Å². The molecule has 0 spiro atoms. The van der Waals surface area contributed by atoms with Gasteiger partial charge in [-0.2, -0.15) is 17.9 Å². The van der Waals surface area contributed by atoms with Crippen LogP contribution in [0.3, 0.4) is 0 Å². The van der Waals surface area contributed by atoms with Gasteiger partial charge in [0.05, 0.1) is 23.3 Å². The molecular weight excluding hydrogens is 525 g/mol. The van der Waals surface area contributed by atoms with E-state index in [-0.39, 0.29) is 38.9 Å². The minimum absolute atomic E-state index is 0.0105. The van der Waals surface area contributed by atoms with Gasteiger partial charge in [-0.25, -0.2) is 18.4 Å². The van der Waals surface area contributed by atoms with Crippen LogP contribution in [-0.2, 0) is 27.4 Å². The number of aromatic nitrogens is 4. The molecule has 15 heteroatoms. The molecule has 2 N–H and O–H groups in total. The Morgan fingerprint density at radius 3 is 2.50 bits per heavy atom. The Bertz CT molecular complexity index is 1440. The highest BCUT2D eigenvalue weighted by Crippen LogP contribution is 2.30. The summed E-state index contributed by atoms with van der Waals surface area (Å²) in [4.78, 5) is 31.8. The van der Waals surface area contributed by atoms with E-state index >= 15 is 0 Å². The Morgan fingerprint density at radius 1 is 1.19 bits per heavy atom. The fourth-order valence-electron chi connectivity index (χ4n) is 3.11. The predicted molar refractivity (Wildman–Crippen MR) is 121 cm³/mol. The smallest absolute Gasteiger partial charge is 0.345 e. The first-order valence-corrected chi connectivity index (χ1v) is 12.7. The zero-order chi connectivity index (χ0) is 26.3. The van der Waals surface area contributed by atoms with Crippen LogP contribution >= 0.6 is 11.6 Å². The number of nitrogens with one attached hydrogen (secondary N) is 2. The maximum atomic E-state index is 13.3. The number of sulfone groups is 1. The van der Waals surface area contributed by atoms with E-state index in [1.165, 1.54) is 30.5 Å². The van der Waals surface area contributed by atoms with Crippen molar-refractivity contribution in [3.63, 3.8) is 0 Å². The number of benzene rings is 1. The zero-order valence-electron chi connectivity index (χ0n) is 18.5. The third kappa shape index (κ3) is 5.99. The quantitative estimate of drug-likeness (QED) is 0.468. The number of nitrogens with zero attached hydrogens (tertiary/aromatic N) is 4. The van der Waals surface area contributed by atoms with Crippen LogP contribution < -0.4 is 10.6 Å².